The van der Waals surface area contributed by atoms with Crippen LogP contribution in [0.2, 0.25) is 16.6 Å². The lowest BCUT2D eigenvalue weighted by Gasteiger charge is -2.40. The Hall–Kier alpha value is -0.503. The highest BCUT2D eigenvalue weighted by atomic mass is 28.3. The minimum atomic E-state index is -1.52. The molecular formula is C13H24OSi. The van der Waals surface area contributed by atoms with Gasteiger partial charge in [-0.15, -0.1) is 0 Å². The number of hydrogen-bond donors (Lipinski definition) is 0. The van der Waals surface area contributed by atoms with E-state index in [-0.39, 0.29) is 0 Å². The molecule has 0 saturated carbocycles. The second kappa shape index (κ2) is 4.56. The van der Waals surface area contributed by atoms with Gasteiger partial charge in [-0.2, -0.15) is 0 Å². The Bertz CT molecular complexity index is 264. The van der Waals surface area contributed by atoms with Crippen molar-refractivity contribution in [2.24, 2.45) is 0 Å². The van der Waals surface area contributed by atoms with Crippen LogP contribution >= 0.6 is 0 Å². The van der Waals surface area contributed by atoms with Gasteiger partial charge in [0.15, 0.2) is 0 Å². The van der Waals surface area contributed by atoms with Crippen LogP contribution in [0.4, 0.5) is 0 Å². The van der Waals surface area contributed by atoms with E-state index in [0.717, 1.165) is 16.6 Å². The lowest BCUT2D eigenvalue weighted by molar-refractivity contribution is 0.587. The second-order valence-corrected chi connectivity index (χ2v) is 11.2. The quantitative estimate of drug-likeness (QED) is 0.700. The van der Waals surface area contributed by atoms with Crippen molar-refractivity contribution >= 4 is 13.5 Å². The predicted octanol–water partition coefficient (Wildman–Crippen LogP) is 4.17. The van der Waals surface area contributed by atoms with Crippen molar-refractivity contribution in [3.8, 4) is 0 Å². The third kappa shape index (κ3) is 1.92. The molecule has 86 valence electrons. The Morgan fingerprint density at radius 3 is 1.67 bits per heavy atom. The Kier molecular flexibility index (Phi) is 3.82. The summed E-state index contributed by atoms with van der Waals surface area (Å²) in [6.07, 6.45) is 1.82. The van der Waals surface area contributed by atoms with Crippen LogP contribution in [0.1, 0.15) is 41.5 Å². The van der Waals surface area contributed by atoms with Crippen LogP contribution < -0.4 is 5.38 Å². The van der Waals surface area contributed by atoms with Crippen molar-refractivity contribution in [1.29, 1.82) is 0 Å². The molecule has 0 unspecified atom stereocenters. The molecule has 0 spiro atoms. The molecule has 0 fully saturated rings. The largest absolute Gasteiger partial charge is 0.474 e. The lowest BCUT2D eigenvalue weighted by atomic mass is 10.5. The van der Waals surface area contributed by atoms with Crippen LogP contribution in [-0.4, -0.2) is 8.07 Å². The average Bonchev–Trinajstić information content (AvgIpc) is 2.55. The maximum atomic E-state index is 5.74. The standard InChI is InChI=1S/C13H24OSi/c1-10(2)15(11(3)4,12(5)6)13-8-7-9-14-13/h7-12H,1-6H3. The summed E-state index contributed by atoms with van der Waals surface area (Å²) >= 11 is 0. The highest BCUT2D eigenvalue weighted by molar-refractivity contribution is 6.94. The maximum Gasteiger partial charge on any atom is 0.139 e. The molecule has 1 aromatic rings. The van der Waals surface area contributed by atoms with Crippen LogP contribution in [-0.2, 0) is 0 Å². The zero-order valence-corrected chi connectivity index (χ0v) is 11.9. The SMILES string of the molecule is CC(C)[Si](c1ccco1)(C(C)C)C(C)C. The third-order valence-corrected chi connectivity index (χ3v) is 10.7. The van der Waals surface area contributed by atoms with Crippen LogP contribution in [0.25, 0.3) is 0 Å². The fourth-order valence-corrected chi connectivity index (χ4v) is 9.74. The van der Waals surface area contributed by atoms with Crippen LogP contribution in [0.5, 0.6) is 0 Å². The van der Waals surface area contributed by atoms with E-state index >= 15 is 0 Å². The molecule has 1 heterocycles. The number of rotatable bonds is 4. The Morgan fingerprint density at radius 2 is 1.40 bits per heavy atom. The highest BCUT2D eigenvalue weighted by Gasteiger charge is 2.46. The van der Waals surface area contributed by atoms with E-state index in [1.165, 1.54) is 5.38 Å². The van der Waals surface area contributed by atoms with Gasteiger partial charge >= 0.3 is 0 Å². The molecule has 2 heteroatoms. The van der Waals surface area contributed by atoms with Gasteiger partial charge in [0, 0.05) is 0 Å². The molecule has 0 aliphatic heterocycles. The smallest absolute Gasteiger partial charge is 0.139 e. The molecule has 0 bridgehead atoms. The molecule has 0 saturated heterocycles. The summed E-state index contributed by atoms with van der Waals surface area (Å²) in [5, 5.41) is 1.28. The first-order valence-corrected chi connectivity index (χ1v) is 8.21. The van der Waals surface area contributed by atoms with Gasteiger partial charge in [-0.3, -0.25) is 0 Å². The topological polar surface area (TPSA) is 13.1 Å². The van der Waals surface area contributed by atoms with Gasteiger partial charge in [-0.1, -0.05) is 41.5 Å². The van der Waals surface area contributed by atoms with Crippen molar-refractivity contribution in [3.05, 3.63) is 18.4 Å². The fourth-order valence-electron chi connectivity index (χ4n) is 3.38. The van der Waals surface area contributed by atoms with Crippen molar-refractivity contribution in [1.82, 2.24) is 0 Å². The van der Waals surface area contributed by atoms with Crippen LogP contribution in [0, 0.1) is 0 Å². The van der Waals surface area contributed by atoms with Gasteiger partial charge in [0.05, 0.1) is 11.6 Å². The van der Waals surface area contributed by atoms with Crippen LogP contribution in [0.3, 0.4) is 0 Å². The van der Waals surface area contributed by atoms with E-state index < -0.39 is 8.07 Å². The Balaban J connectivity index is 3.27. The summed E-state index contributed by atoms with van der Waals surface area (Å²) in [6, 6.07) is 4.22. The molecule has 1 aromatic heterocycles. The molecule has 0 amide bonds. The van der Waals surface area contributed by atoms with Crippen molar-refractivity contribution in [2.45, 2.75) is 58.2 Å². The minimum Gasteiger partial charge on any atom is -0.474 e. The second-order valence-electron chi connectivity index (χ2n) is 5.37. The molecular weight excluding hydrogens is 200 g/mol. The molecule has 0 aromatic carbocycles. The zero-order chi connectivity index (χ0) is 11.6. The molecule has 0 N–H and O–H groups in total. The van der Waals surface area contributed by atoms with Gasteiger partial charge < -0.3 is 4.42 Å². The van der Waals surface area contributed by atoms with E-state index in [0.29, 0.717) is 0 Å². The molecule has 1 rings (SSSR count). The van der Waals surface area contributed by atoms with Gasteiger partial charge in [-0.25, -0.2) is 0 Å². The van der Waals surface area contributed by atoms with Gasteiger partial charge in [0.1, 0.15) is 8.07 Å². The summed E-state index contributed by atoms with van der Waals surface area (Å²) in [5.41, 5.74) is 2.18. The van der Waals surface area contributed by atoms with E-state index in [2.05, 4.69) is 47.6 Å². The summed E-state index contributed by atoms with van der Waals surface area (Å²) in [5.74, 6) is 0. The first-order valence-electron chi connectivity index (χ1n) is 5.98. The Labute approximate surface area is 94.9 Å². The normalized spacial score (nSPS) is 13.1. The van der Waals surface area contributed by atoms with Gasteiger partial charge in [-0.05, 0) is 28.8 Å². The summed E-state index contributed by atoms with van der Waals surface area (Å²) < 4.78 is 5.74. The van der Waals surface area contributed by atoms with Crippen molar-refractivity contribution < 1.29 is 4.42 Å². The van der Waals surface area contributed by atoms with E-state index in [4.69, 9.17) is 4.42 Å². The third-order valence-electron chi connectivity index (χ3n) is 3.81. The van der Waals surface area contributed by atoms with Crippen molar-refractivity contribution in [3.63, 3.8) is 0 Å². The predicted molar refractivity (Wildman–Crippen MR) is 69.4 cm³/mol. The first kappa shape index (κ1) is 12.6. The molecule has 0 aliphatic carbocycles. The van der Waals surface area contributed by atoms with Crippen molar-refractivity contribution in [2.75, 3.05) is 0 Å². The summed E-state index contributed by atoms with van der Waals surface area (Å²) in [4.78, 5) is 0. The maximum absolute atomic E-state index is 5.74. The molecule has 0 aliphatic rings. The van der Waals surface area contributed by atoms with E-state index in [1.807, 2.05) is 12.3 Å². The molecule has 0 atom stereocenters. The summed E-state index contributed by atoms with van der Waals surface area (Å²) in [6.45, 7) is 14.1. The lowest BCUT2D eigenvalue weighted by Crippen LogP contribution is -2.55. The van der Waals surface area contributed by atoms with E-state index in [1.54, 1.807) is 0 Å². The van der Waals surface area contributed by atoms with Gasteiger partial charge in [0.25, 0.3) is 0 Å². The average molecular weight is 224 g/mol. The van der Waals surface area contributed by atoms with Gasteiger partial charge in [0.2, 0.25) is 0 Å². The highest BCUT2D eigenvalue weighted by Crippen LogP contribution is 2.40. The Morgan fingerprint density at radius 1 is 0.933 bits per heavy atom. The molecule has 15 heavy (non-hydrogen) atoms. The molecule has 1 nitrogen and oxygen atoms in total. The van der Waals surface area contributed by atoms with Crippen LogP contribution in [0.15, 0.2) is 22.8 Å². The fraction of sp³-hybridized carbons (Fsp3) is 0.692. The molecule has 0 radical (unpaired) electrons. The minimum absolute atomic E-state index is 0.726. The monoisotopic (exact) mass is 224 g/mol. The van der Waals surface area contributed by atoms with E-state index in [9.17, 15) is 0 Å². The zero-order valence-electron chi connectivity index (χ0n) is 10.9. The number of furan rings is 1. The number of hydrogen-bond acceptors (Lipinski definition) is 1. The first-order chi connectivity index (χ1) is 6.94. The summed E-state index contributed by atoms with van der Waals surface area (Å²) in [7, 11) is -1.52.